The molecule has 1 saturated carbocycles. The number of aryl methyl sites for hydroxylation is 1. The maximum Gasteiger partial charge on any atom is 0.349 e. The van der Waals surface area contributed by atoms with Crippen molar-refractivity contribution in [3.05, 3.63) is 15.8 Å². The van der Waals surface area contributed by atoms with E-state index in [0.717, 1.165) is 24.2 Å². The van der Waals surface area contributed by atoms with Gasteiger partial charge in [0.05, 0.1) is 7.11 Å². The van der Waals surface area contributed by atoms with E-state index >= 15 is 0 Å². The van der Waals surface area contributed by atoms with Crippen molar-refractivity contribution in [1.82, 2.24) is 10.0 Å². The van der Waals surface area contributed by atoms with E-state index in [-0.39, 0.29) is 9.77 Å². The molecule has 2 N–H and O–H groups in total. The first-order chi connectivity index (χ1) is 11.5. The summed E-state index contributed by atoms with van der Waals surface area (Å²) in [6, 6.07) is 0.477. The lowest BCUT2D eigenvalue weighted by Crippen LogP contribution is -2.37. The minimum atomic E-state index is -3.72. The van der Waals surface area contributed by atoms with Gasteiger partial charge in [-0.2, -0.15) is 0 Å². The van der Waals surface area contributed by atoms with Gasteiger partial charge in [0.2, 0.25) is 10.0 Å². The number of ether oxygens (including phenoxy) is 1. The van der Waals surface area contributed by atoms with Gasteiger partial charge in [-0.25, -0.2) is 17.9 Å². The Morgan fingerprint density at radius 3 is 2.54 bits per heavy atom. The van der Waals surface area contributed by atoms with E-state index in [1.807, 2.05) is 0 Å². The Balaban J connectivity index is 1.92. The third kappa shape index (κ3) is 5.02. The van der Waals surface area contributed by atoms with E-state index in [4.69, 9.17) is 0 Å². The van der Waals surface area contributed by atoms with Crippen molar-refractivity contribution in [3.63, 3.8) is 0 Å². The van der Waals surface area contributed by atoms with Crippen molar-refractivity contribution in [2.24, 2.45) is 0 Å². The predicted octanol–water partition coefficient (Wildman–Crippen LogP) is 2.43. The van der Waals surface area contributed by atoms with Gasteiger partial charge in [-0.1, -0.05) is 25.7 Å². The fraction of sp³-hybridized carbons (Fsp3) is 0.688. The second-order valence-corrected chi connectivity index (χ2v) is 8.69. The molecule has 0 unspecified atom stereocenters. The molecule has 8 heteroatoms. The Kier molecular flexibility index (Phi) is 7.21. The van der Waals surface area contributed by atoms with Gasteiger partial charge >= 0.3 is 5.97 Å². The van der Waals surface area contributed by atoms with E-state index in [1.54, 1.807) is 12.3 Å². The molecule has 0 bridgehead atoms. The maximum absolute atomic E-state index is 12.5. The van der Waals surface area contributed by atoms with Crippen molar-refractivity contribution < 1.29 is 17.9 Å². The number of esters is 1. The molecule has 0 amide bonds. The summed E-state index contributed by atoms with van der Waals surface area (Å²) < 4.78 is 32.3. The molecule has 0 radical (unpaired) electrons. The molecule has 0 aromatic carbocycles. The molecule has 0 aliphatic heterocycles. The third-order valence-corrected chi connectivity index (χ3v) is 7.12. The van der Waals surface area contributed by atoms with Crippen LogP contribution in [-0.2, 0) is 14.8 Å². The van der Waals surface area contributed by atoms with Crippen LogP contribution in [0.2, 0.25) is 0 Å². The highest BCUT2D eigenvalue weighted by Gasteiger charge is 2.27. The Morgan fingerprint density at radius 1 is 1.25 bits per heavy atom. The number of sulfonamides is 1. The molecule has 0 atom stereocenters. The van der Waals surface area contributed by atoms with Gasteiger partial charge in [-0.05, 0) is 30.7 Å². The summed E-state index contributed by atoms with van der Waals surface area (Å²) in [6.45, 7) is 2.57. The quantitative estimate of drug-likeness (QED) is 0.435. The molecule has 1 aromatic heterocycles. The molecule has 136 valence electrons. The van der Waals surface area contributed by atoms with Gasteiger partial charge in [0.15, 0.2) is 0 Å². The molecule has 1 heterocycles. The standard InChI is InChI=1S/C16H26N2O4S2/c1-12-11-23-14(16(19)22-2)15(12)24(20,21)18-10-9-17-13-7-5-3-4-6-8-13/h11,13,17-18H,3-10H2,1-2H3. The highest BCUT2D eigenvalue weighted by atomic mass is 32.2. The zero-order valence-corrected chi connectivity index (χ0v) is 15.9. The molecular formula is C16H26N2O4S2. The van der Waals surface area contributed by atoms with Crippen LogP contribution >= 0.6 is 11.3 Å². The Morgan fingerprint density at radius 2 is 1.92 bits per heavy atom. The lowest BCUT2D eigenvalue weighted by atomic mass is 10.1. The van der Waals surface area contributed by atoms with Gasteiger partial charge in [0, 0.05) is 19.1 Å². The highest BCUT2D eigenvalue weighted by Crippen LogP contribution is 2.27. The maximum atomic E-state index is 12.5. The molecule has 1 aromatic rings. The first-order valence-electron chi connectivity index (χ1n) is 8.35. The molecular weight excluding hydrogens is 348 g/mol. The van der Waals surface area contributed by atoms with Crippen LogP contribution in [0.4, 0.5) is 0 Å². The average Bonchev–Trinajstić information content (AvgIpc) is 2.78. The molecule has 6 nitrogen and oxygen atoms in total. The summed E-state index contributed by atoms with van der Waals surface area (Å²) in [5.41, 5.74) is 0.560. The largest absolute Gasteiger partial charge is 0.465 e. The second-order valence-electron chi connectivity index (χ2n) is 6.11. The fourth-order valence-electron chi connectivity index (χ4n) is 3.02. The second kappa shape index (κ2) is 8.94. The Bertz CT molecular complexity index is 647. The van der Waals surface area contributed by atoms with Crippen LogP contribution in [0.15, 0.2) is 10.3 Å². The van der Waals surface area contributed by atoms with Crippen LogP contribution in [0, 0.1) is 6.92 Å². The minimum absolute atomic E-state index is 0.0359. The zero-order chi connectivity index (χ0) is 17.6. The van der Waals surface area contributed by atoms with Crippen molar-refractivity contribution in [2.75, 3.05) is 20.2 Å². The van der Waals surface area contributed by atoms with E-state index in [1.165, 1.54) is 32.8 Å². The molecule has 0 saturated heterocycles. The topological polar surface area (TPSA) is 84.5 Å². The van der Waals surface area contributed by atoms with E-state index in [0.29, 0.717) is 24.7 Å². The Hall–Kier alpha value is -0.960. The monoisotopic (exact) mass is 374 g/mol. The lowest BCUT2D eigenvalue weighted by Gasteiger charge is -2.16. The highest BCUT2D eigenvalue weighted by molar-refractivity contribution is 7.89. The summed E-state index contributed by atoms with van der Waals surface area (Å²) in [6.07, 6.45) is 7.36. The van der Waals surface area contributed by atoms with E-state index in [9.17, 15) is 13.2 Å². The third-order valence-electron chi connectivity index (χ3n) is 4.26. The number of nitrogens with one attached hydrogen (secondary N) is 2. The van der Waals surface area contributed by atoms with Gasteiger partial charge < -0.3 is 10.1 Å². The van der Waals surface area contributed by atoms with Crippen molar-refractivity contribution in [2.45, 2.75) is 56.4 Å². The first-order valence-corrected chi connectivity index (χ1v) is 10.7. The average molecular weight is 375 g/mol. The van der Waals surface area contributed by atoms with Gasteiger partial charge in [0.25, 0.3) is 0 Å². The molecule has 1 aliphatic carbocycles. The summed E-state index contributed by atoms with van der Waals surface area (Å²) >= 11 is 1.09. The van der Waals surface area contributed by atoms with Crippen molar-refractivity contribution in [3.8, 4) is 0 Å². The number of carbonyl (C=O) groups excluding carboxylic acids is 1. The van der Waals surface area contributed by atoms with Crippen LogP contribution in [0.1, 0.15) is 53.8 Å². The normalized spacial score (nSPS) is 16.8. The van der Waals surface area contributed by atoms with E-state index < -0.39 is 16.0 Å². The smallest absolute Gasteiger partial charge is 0.349 e. The Labute approximate surface area is 148 Å². The van der Waals surface area contributed by atoms with Gasteiger partial charge in [-0.3, -0.25) is 0 Å². The van der Waals surface area contributed by atoms with Crippen LogP contribution in [0.5, 0.6) is 0 Å². The molecule has 0 spiro atoms. The summed E-state index contributed by atoms with van der Waals surface area (Å²) in [4.78, 5) is 11.9. The van der Waals surface area contributed by atoms with Crippen molar-refractivity contribution in [1.29, 1.82) is 0 Å². The molecule has 24 heavy (non-hydrogen) atoms. The molecule has 1 aliphatic rings. The number of hydrogen-bond acceptors (Lipinski definition) is 6. The number of hydrogen-bond donors (Lipinski definition) is 2. The first kappa shape index (κ1) is 19.4. The van der Waals surface area contributed by atoms with E-state index in [2.05, 4.69) is 14.8 Å². The zero-order valence-electron chi connectivity index (χ0n) is 14.3. The lowest BCUT2D eigenvalue weighted by molar-refractivity contribution is 0.0602. The SMILES string of the molecule is COC(=O)c1scc(C)c1S(=O)(=O)NCCNC1CCCCCC1. The van der Waals surface area contributed by atoms with Gasteiger partial charge in [0.1, 0.15) is 9.77 Å². The predicted molar refractivity (Wildman–Crippen MR) is 95.1 cm³/mol. The number of carbonyl (C=O) groups is 1. The summed E-state index contributed by atoms with van der Waals surface area (Å²) in [5.74, 6) is -0.620. The molecule has 1 fully saturated rings. The van der Waals surface area contributed by atoms with Crippen LogP contribution in [0.3, 0.4) is 0 Å². The van der Waals surface area contributed by atoms with Crippen LogP contribution in [-0.4, -0.2) is 40.6 Å². The van der Waals surface area contributed by atoms with Crippen LogP contribution < -0.4 is 10.0 Å². The fourth-order valence-corrected chi connectivity index (χ4v) is 5.75. The number of thiophene rings is 1. The summed E-state index contributed by atoms with van der Waals surface area (Å²) in [5, 5.41) is 5.08. The number of rotatable bonds is 7. The number of methoxy groups -OCH3 is 1. The molecule has 2 rings (SSSR count). The van der Waals surface area contributed by atoms with Gasteiger partial charge in [-0.15, -0.1) is 11.3 Å². The minimum Gasteiger partial charge on any atom is -0.465 e. The van der Waals surface area contributed by atoms with Crippen molar-refractivity contribution >= 4 is 27.3 Å². The summed E-state index contributed by atoms with van der Waals surface area (Å²) in [7, 11) is -2.48. The van der Waals surface area contributed by atoms with Crippen LogP contribution in [0.25, 0.3) is 0 Å².